The van der Waals surface area contributed by atoms with Crippen LogP contribution in [0.25, 0.3) is 0 Å². The van der Waals surface area contributed by atoms with E-state index in [0.29, 0.717) is 6.07 Å². The number of carbonyl (C=O) groups excluding carboxylic acids is 1. The average molecular weight is 378 g/mol. The first-order chi connectivity index (χ1) is 9.69. The molecule has 0 saturated heterocycles. The molecule has 0 radical (unpaired) electrons. The Morgan fingerprint density at radius 2 is 2.05 bits per heavy atom. The van der Waals surface area contributed by atoms with Crippen LogP contribution in [0.4, 0.5) is 22.0 Å². The third-order valence-corrected chi connectivity index (χ3v) is 2.68. The van der Waals surface area contributed by atoms with E-state index >= 15 is 0 Å². The first kappa shape index (κ1) is 17.6. The smallest absolute Gasteiger partial charge is 0.462 e. The molecule has 1 heterocycles. The van der Waals surface area contributed by atoms with Gasteiger partial charge in [-0.15, -0.1) is 13.2 Å². The van der Waals surface area contributed by atoms with Crippen LogP contribution in [0.2, 0.25) is 0 Å². The molecule has 1 aromatic heterocycles. The molecule has 4 nitrogen and oxygen atoms in total. The molecule has 0 atom stereocenters. The SMILES string of the molecule is CCOC(=O)c1cc(OC(F)(F)F)c(CBr)nc1C(F)F. The molecule has 0 unspecified atom stereocenters. The van der Waals surface area contributed by atoms with Gasteiger partial charge in [-0.05, 0) is 13.0 Å². The highest BCUT2D eigenvalue weighted by Crippen LogP contribution is 2.32. The Balaban J connectivity index is 3.38. The van der Waals surface area contributed by atoms with Crippen LogP contribution in [0.1, 0.15) is 35.1 Å². The number of ether oxygens (including phenoxy) is 2. The van der Waals surface area contributed by atoms with Gasteiger partial charge in [0.1, 0.15) is 5.69 Å². The minimum Gasteiger partial charge on any atom is -0.462 e. The second-order valence-corrected chi connectivity index (χ2v) is 4.13. The van der Waals surface area contributed by atoms with Crippen molar-refractivity contribution in [2.24, 2.45) is 0 Å². The Bertz CT molecular complexity index is 521. The van der Waals surface area contributed by atoms with Gasteiger partial charge < -0.3 is 9.47 Å². The number of carbonyl (C=O) groups is 1. The number of halogens is 6. The van der Waals surface area contributed by atoms with Crippen molar-refractivity contribution in [2.45, 2.75) is 25.0 Å². The van der Waals surface area contributed by atoms with Crippen molar-refractivity contribution in [3.05, 3.63) is 23.0 Å². The zero-order chi connectivity index (χ0) is 16.2. The lowest BCUT2D eigenvalue weighted by molar-refractivity contribution is -0.275. The molecular weight excluding hydrogens is 369 g/mol. The maximum atomic E-state index is 12.9. The predicted molar refractivity (Wildman–Crippen MR) is 64.5 cm³/mol. The number of hydrogen-bond donors (Lipinski definition) is 0. The van der Waals surface area contributed by atoms with Crippen molar-refractivity contribution < 1.29 is 36.2 Å². The Morgan fingerprint density at radius 1 is 1.43 bits per heavy atom. The molecule has 118 valence electrons. The van der Waals surface area contributed by atoms with Gasteiger partial charge in [-0.3, -0.25) is 0 Å². The molecule has 1 rings (SSSR count). The summed E-state index contributed by atoms with van der Waals surface area (Å²) in [7, 11) is 0. The van der Waals surface area contributed by atoms with Crippen LogP contribution in [-0.4, -0.2) is 23.9 Å². The van der Waals surface area contributed by atoms with Crippen LogP contribution < -0.4 is 4.74 Å². The molecular formula is C11H9BrF5NO3. The molecule has 0 amide bonds. The molecule has 0 aromatic carbocycles. The van der Waals surface area contributed by atoms with Gasteiger partial charge in [0.05, 0.1) is 17.9 Å². The van der Waals surface area contributed by atoms with E-state index in [9.17, 15) is 26.7 Å². The van der Waals surface area contributed by atoms with Crippen molar-refractivity contribution in [3.63, 3.8) is 0 Å². The topological polar surface area (TPSA) is 48.4 Å². The van der Waals surface area contributed by atoms with Gasteiger partial charge >= 0.3 is 12.3 Å². The molecule has 0 N–H and O–H groups in total. The summed E-state index contributed by atoms with van der Waals surface area (Å²) >= 11 is 2.82. The Morgan fingerprint density at radius 3 is 2.48 bits per heavy atom. The number of rotatable bonds is 5. The standard InChI is InChI=1S/C11H9BrF5NO3/c1-2-20-10(19)5-3-7(21-11(15,16)17)6(4-12)18-8(5)9(13)14/h3,9H,2,4H2,1H3. The highest BCUT2D eigenvalue weighted by atomic mass is 79.9. The zero-order valence-corrected chi connectivity index (χ0v) is 12.1. The minimum atomic E-state index is -5.04. The summed E-state index contributed by atoms with van der Waals surface area (Å²) in [5.41, 5.74) is -2.14. The van der Waals surface area contributed by atoms with Gasteiger partial charge in [0.2, 0.25) is 0 Å². The molecule has 0 bridgehead atoms. The summed E-state index contributed by atoms with van der Waals surface area (Å²) in [4.78, 5) is 14.9. The van der Waals surface area contributed by atoms with Crippen LogP contribution in [-0.2, 0) is 10.1 Å². The lowest BCUT2D eigenvalue weighted by atomic mass is 10.1. The Kier molecular flexibility index (Phi) is 5.87. The fourth-order valence-corrected chi connectivity index (χ4v) is 1.80. The highest BCUT2D eigenvalue weighted by molar-refractivity contribution is 9.08. The maximum Gasteiger partial charge on any atom is 0.573 e. The van der Waals surface area contributed by atoms with Crippen molar-refractivity contribution in [1.29, 1.82) is 0 Å². The Hall–Kier alpha value is -1.45. The van der Waals surface area contributed by atoms with E-state index in [1.165, 1.54) is 6.92 Å². The first-order valence-electron chi connectivity index (χ1n) is 5.50. The normalized spacial score (nSPS) is 11.6. The van der Waals surface area contributed by atoms with Gasteiger partial charge in [-0.1, -0.05) is 15.9 Å². The van der Waals surface area contributed by atoms with Crippen LogP contribution in [0.5, 0.6) is 5.75 Å². The Labute approximate surface area is 124 Å². The molecule has 0 aliphatic carbocycles. The molecule has 1 aromatic rings. The third kappa shape index (κ3) is 4.80. The van der Waals surface area contributed by atoms with Gasteiger partial charge in [-0.2, -0.15) is 0 Å². The fraction of sp³-hybridized carbons (Fsp3) is 0.455. The van der Waals surface area contributed by atoms with Crippen LogP contribution in [0.15, 0.2) is 6.07 Å². The summed E-state index contributed by atoms with van der Waals surface area (Å²) in [6, 6.07) is 0.552. The lowest BCUT2D eigenvalue weighted by Gasteiger charge is -2.15. The summed E-state index contributed by atoms with van der Waals surface area (Å²) in [5, 5.41) is -0.263. The number of pyridine rings is 1. The molecule has 0 fully saturated rings. The van der Waals surface area contributed by atoms with E-state index in [2.05, 4.69) is 30.4 Å². The van der Waals surface area contributed by atoms with E-state index < -0.39 is 41.5 Å². The summed E-state index contributed by atoms with van der Waals surface area (Å²) in [6.45, 7) is 1.30. The minimum absolute atomic E-state index is 0.128. The molecule has 0 aliphatic heterocycles. The second-order valence-electron chi connectivity index (χ2n) is 3.57. The quantitative estimate of drug-likeness (QED) is 0.442. The average Bonchev–Trinajstić information content (AvgIpc) is 2.36. The number of esters is 1. The van der Waals surface area contributed by atoms with Crippen LogP contribution in [0, 0.1) is 0 Å². The number of nitrogens with zero attached hydrogens (tertiary/aromatic N) is 1. The molecule has 0 spiro atoms. The van der Waals surface area contributed by atoms with E-state index in [-0.39, 0.29) is 11.9 Å². The van der Waals surface area contributed by atoms with Crippen LogP contribution >= 0.6 is 15.9 Å². The monoisotopic (exact) mass is 377 g/mol. The largest absolute Gasteiger partial charge is 0.573 e. The van der Waals surface area contributed by atoms with Crippen molar-refractivity contribution in [3.8, 4) is 5.75 Å². The second kappa shape index (κ2) is 7.01. The van der Waals surface area contributed by atoms with E-state index in [1.807, 2.05) is 0 Å². The van der Waals surface area contributed by atoms with E-state index in [0.717, 1.165) is 0 Å². The number of alkyl halides is 6. The van der Waals surface area contributed by atoms with E-state index in [4.69, 9.17) is 0 Å². The van der Waals surface area contributed by atoms with Gasteiger partial charge in [0.25, 0.3) is 6.43 Å². The van der Waals surface area contributed by atoms with E-state index in [1.54, 1.807) is 0 Å². The van der Waals surface area contributed by atoms with Crippen LogP contribution in [0.3, 0.4) is 0 Å². The zero-order valence-electron chi connectivity index (χ0n) is 10.5. The lowest BCUT2D eigenvalue weighted by Crippen LogP contribution is -2.20. The third-order valence-electron chi connectivity index (χ3n) is 2.15. The molecule has 0 saturated carbocycles. The van der Waals surface area contributed by atoms with Crippen molar-refractivity contribution in [1.82, 2.24) is 4.98 Å². The first-order valence-corrected chi connectivity index (χ1v) is 6.62. The fourth-order valence-electron chi connectivity index (χ4n) is 1.40. The predicted octanol–water partition coefficient (Wildman–Crippen LogP) is 3.99. The number of hydrogen-bond acceptors (Lipinski definition) is 4. The molecule has 0 aliphatic rings. The van der Waals surface area contributed by atoms with Gasteiger partial charge in [0.15, 0.2) is 5.75 Å². The van der Waals surface area contributed by atoms with Crippen molar-refractivity contribution in [2.75, 3.05) is 6.61 Å². The molecule has 10 heteroatoms. The van der Waals surface area contributed by atoms with Gasteiger partial charge in [0, 0.05) is 5.33 Å². The highest BCUT2D eigenvalue weighted by Gasteiger charge is 2.34. The summed E-state index contributed by atoms with van der Waals surface area (Å²) < 4.78 is 70.7. The van der Waals surface area contributed by atoms with Gasteiger partial charge in [-0.25, -0.2) is 18.6 Å². The summed E-state index contributed by atoms with van der Waals surface area (Å²) in [6.07, 6.45) is -8.20. The number of aromatic nitrogens is 1. The summed E-state index contributed by atoms with van der Waals surface area (Å²) in [5.74, 6) is -2.04. The molecule has 21 heavy (non-hydrogen) atoms. The van der Waals surface area contributed by atoms with Crippen molar-refractivity contribution >= 4 is 21.9 Å². The maximum absolute atomic E-state index is 12.9.